The van der Waals surface area contributed by atoms with Gasteiger partial charge in [0.25, 0.3) is 5.92 Å². The molecule has 2 unspecified atom stereocenters. The number of amides is 2. The molecule has 1 aromatic heterocycles. The molecule has 2 aromatic carbocycles. The molecule has 3 N–H and O–H groups in total. The lowest BCUT2D eigenvalue weighted by molar-refractivity contribution is -0.137. The van der Waals surface area contributed by atoms with Gasteiger partial charge in [-0.15, -0.1) is 5.10 Å². The number of alkyl carbamates (subject to hydrolysis) is 1. The van der Waals surface area contributed by atoms with E-state index in [1.165, 1.54) is 30.3 Å². The summed E-state index contributed by atoms with van der Waals surface area (Å²) in [7, 11) is 0. The van der Waals surface area contributed by atoms with E-state index in [0.717, 1.165) is 22.8 Å². The van der Waals surface area contributed by atoms with E-state index >= 15 is 0 Å². The zero-order chi connectivity index (χ0) is 31.9. The zero-order valence-electron chi connectivity index (χ0n) is 22.6. The molecule has 3 aromatic rings. The van der Waals surface area contributed by atoms with Crippen molar-refractivity contribution in [3.8, 4) is 11.4 Å². The van der Waals surface area contributed by atoms with Gasteiger partial charge in [-0.25, -0.2) is 14.3 Å². The molecule has 2 atom stereocenters. The normalized spacial score (nSPS) is 13.2. The van der Waals surface area contributed by atoms with Crippen LogP contribution in [0.3, 0.4) is 0 Å². The van der Waals surface area contributed by atoms with Gasteiger partial charge in [0.15, 0.2) is 5.82 Å². The van der Waals surface area contributed by atoms with Gasteiger partial charge in [-0.1, -0.05) is 30.3 Å². The summed E-state index contributed by atoms with van der Waals surface area (Å²) in [4.78, 5) is 38.1. The maximum Gasteiger partial charge on any atom is 0.416 e. The Hall–Kier alpha value is -4.24. The smallest absolute Gasteiger partial charge is 0.416 e. The van der Waals surface area contributed by atoms with Gasteiger partial charge in [0.2, 0.25) is 5.91 Å². The highest BCUT2D eigenvalue weighted by atomic mass is 35.5. The van der Waals surface area contributed by atoms with Crippen LogP contribution >= 0.6 is 11.6 Å². The largest absolute Gasteiger partial charge is 0.450 e. The van der Waals surface area contributed by atoms with Crippen molar-refractivity contribution in [1.29, 1.82) is 0 Å². The second kappa shape index (κ2) is 13.8. The molecule has 0 aliphatic rings. The van der Waals surface area contributed by atoms with E-state index in [1.807, 2.05) is 0 Å². The maximum absolute atomic E-state index is 14.1. The van der Waals surface area contributed by atoms with E-state index in [0.29, 0.717) is 9.70 Å². The van der Waals surface area contributed by atoms with Crippen LogP contribution in [0.2, 0.25) is 5.02 Å². The van der Waals surface area contributed by atoms with Gasteiger partial charge in [0.1, 0.15) is 12.6 Å². The summed E-state index contributed by atoms with van der Waals surface area (Å²) in [6.07, 6.45) is -7.73. The zero-order valence-corrected chi connectivity index (χ0v) is 23.3. The number of carbonyl (C=O) groups is 2. The van der Waals surface area contributed by atoms with Crippen LogP contribution in [0.25, 0.3) is 11.4 Å². The number of hydrogen-bond acceptors (Lipinski definition) is 6. The number of carbonyl (C=O) groups excluding carboxylic acids is 2. The molecule has 43 heavy (non-hydrogen) atoms. The van der Waals surface area contributed by atoms with E-state index in [4.69, 9.17) is 16.3 Å². The Morgan fingerprint density at radius 1 is 1.16 bits per heavy atom. The van der Waals surface area contributed by atoms with E-state index < -0.39 is 60.6 Å². The maximum atomic E-state index is 14.1. The van der Waals surface area contributed by atoms with E-state index in [9.17, 15) is 41.4 Å². The summed E-state index contributed by atoms with van der Waals surface area (Å²) in [5.41, 5.74) is -1.82. The fourth-order valence-corrected chi connectivity index (χ4v) is 4.01. The molecule has 0 radical (unpaired) electrons. The molecular weight excluding hydrogens is 605 g/mol. The van der Waals surface area contributed by atoms with Crippen molar-refractivity contribution in [3.05, 3.63) is 87.8 Å². The third-order valence-corrected chi connectivity index (χ3v) is 6.32. The summed E-state index contributed by atoms with van der Waals surface area (Å²) in [5, 5.41) is 19.3. The number of hydrogen-bond donors (Lipinski definition) is 3. The lowest BCUT2D eigenvalue weighted by Gasteiger charge is -2.21. The lowest BCUT2D eigenvalue weighted by atomic mass is 10.0. The molecule has 3 rings (SSSR count). The number of alkyl halides is 5. The van der Waals surface area contributed by atoms with Crippen molar-refractivity contribution < 1.29 is 41.4 Å². The number of ether oxygens (including phenoxy) is 1. The van der Waals surface area contributed by atoms with Crippen LogP contribution in [0.5, 0.6) is 0 Å². The highest BCUT2D eigenvalue weighted by Crippen LogP contribution is 2.31. The van der Waals surface area contributed by atoms with Crippen LogP contribution in [-0.2, 0) is 28.8 Å². The molecule has 2 amide bonds. The number of aliphatic hydroxyl groups is 1. The minimum atomic E-state index is -4.69. The summed E-state index contributed by atoms with van der Waals surface area (Å²) >= 11 is 5.91. The average Bonchev–Trinajstić information content (AvgIpc) is 3.25. The Morgan fingerprint density at radius 3 is 2.44 bits per heavy atom. The van der Waals surface area contributed by atoms with Crippen LogP contribution in [0, 0.1) is 0 Å². The summed E-state index contributed by atoms with van der Waals surface area (Å²) < 4.78 is 74.2. The molecule has 0 bridgehead atoms. The number of aromatic nitrogens is 3. The fourth-order valence-electron chi connectivity index (χ4n) is 3.88. The highest BCUT2D eigenvalue weighted by molar-refractivity contribution is 6.30. The lowest BCUT2D eigenvalue weighted by Crippen LogP contribution is -2.41. The first-order chi connectivity index (χ1) is 20.2. The summed E-state index contributed by atoms with van der Waals surface area (Å²) in [5.74, 6) is -4.86. The van der Waals surface area contributed by atoms with Crippen LogP contribution in [0.4, 0.5) is 26.7 Å². The number of aliphatic hydroxyl groups excluding tert-OH is 1. The molecule has 0 spiro atoms. The van der Waals surface area contributed by atoms with Gasteiger partial charge in [-0.2, -0.15) is 22.0 Å². The Morgan fingerprint density at radius 2 is 1.84 bits per heavy atom. The van der Waals surface area contributed by atoms with Crippen LogP contribution < -0.4 is 16.3 Å². The van der Waals surface area contributed by atoms with Crippen LogP contribution in [-0.4, -0.2) is 56.6 Å². The second-order valence-corrected chi connectivity index (χ2v) is 9.56. The third kappa shape index (κ3) is 8.64. The molecule has 0 aliphatic carbocycles. The fraction of sp³-hybridized carbons (Fsp3) is 0.333. The van der Waals surface area contributed by atoms with Crippen molar-refractivity contribution in [2.45, 2.75) is 44.3 Å². The molecule has 232 valence electrons. The first kappa shape index (κ1) is 33.3. The predicted octanol–water partition coefficient (Wildman–Crippen LogP) is 4.17. The van der Waals surface area contributed by atoms with Crippen LogP contribution in [0.1, 0.15) is 24.1 Å². The minimum Gasteiger partial charge on any atom is -0.450 e. The first-order valence-corrected chi connectivity index (χ1v) is 13.0. The van der Waals surface area contributed by atoms with Gasteiger partial charge in [-0.3, -0.25) is 9.36 Å². The van der Waals surface area contributed by atoms with Gasteiger partial charge in [0, 0.05) is 17.1 Å². The number of halogens is 6. The van der Waals surface area contributed by atoms with Gasteiger partial charge in [0.05, 0.1) is 24.8 Å². The number of benzene rings is 2. The van der Waals surface area contributed by atoms with Crippen molar-refractivity contribution >= 4 is 23.6 Å². The molecule has 1 heterocycles. The highest BCUT2D eigenvalue weighted by Gasteiger charge is 2.36. The average molecular weight is 632 g/mol. The molecule has 16 heteroatoms. The van der Waals surface area contributed by atoms with E-state index in [-0.39, 0.29) is 36.2 Å². The molecule has 0 saturated carbocycles. The molecule has 0 fully saturated rings. The van der Waals surface area contributed by atoms with Gasteiger partial charge >= 0.3 is 18.0 Å². The van der Waals surface area contributed by atoms with Gasteiger partial charge < -0.3 is 20.5 Å². The van der Waals surface area contributed by atoms with Crippen molar-refractivity contribution in [1.82, 2.24) is 25.0 Å². The molecule has 0 saturated heterocycles. The minimum absolute atomic E-state index is 0.0153. The van der Waals surface area contributed by atoms with E-state index in [2.05, 4.69) is 22.3 Å². The standard InChI is InChI=1S/C27H27ClF5N5O5/c1-3-26(29,30)21(39)14-37-23(16-8-10-19(28)11-9-16)36-38(25(37)42)15-22(40)35-20(13-34-24(41)43-4-2)17-6-5-7-18(12-17)27(31,32)33/h3,5-12,20-21,39H,1,4,13-15H2,2H3,(H,34,41)(H,35,40). The number of nitrogens with one attached hydrogen (secondary N) is 2. The van der Waals surface area contributed by atoms with E-state index in [1.54, 1.807) is 6.92 Å². The van der Waals surface area contributed by atoms with Crippen LogP contribution in [0.15, 0.2) is 66.0 Å². The summed E-state index contributed by atoms with van der Waals surface area (Å²) in [6, 6.07) is 8.60. The van der Waals surface area contributed by atoms with Crippen molar-refractivity contribution in [3.63, 3.8) is 0 Å². The Labute approximate surface area is 246 Å². The number of nitrogens with zero attached hydrogens (tertiary/aromatic N) is 3. The third-order valence-electron chi connectivity index (χ3n) is 6.07. The van der Waals surface area contributed by atoms with Gasteiger partial charge in [-0.05, 0) is 55.0 Å². The second-order valence-electron chi connectivity index (χ2n) is 9.12. The first-order valence-electron chi connectivity index (χ1n) is 12.7. The SMILES string of the molecule is C=CC(F)(F)C(O)Cn1c(-c2ccc(Cl)cc2)nn(CC(=O)NC(CNC(=O)OCC)c2cccc(C(F)(F)F)c2)c1=O. The molecule has 0 aliphatic heterocycles. The topological polar surface area (TPSA) is 127 Å². The Balaban J connectivity index is 1.94. The molecular formula is C27H27ClF5N5O5. The Kier molecular flexibility index (Phi) is 10.7. The van der Waals surface area contributed by atoms with Crippen molar-refractivity contribution in [2.24, 2.45) is 0 Å². The summed E-state index contributed by atoms with van der Waals surface area (Å²) in [6.45, 7) is 2.43. The Bertz CT molecular complexity index is 1510. The number of rotatable bonds is 12. The van der Waals surface area contributed by atoms with Crippen molar-refractivity contribution in [2.75, 3.05) is 13.2 Å². The quantitative estimate of drug-likeness (QED) is 0.203. The predicted molar refractivity (Wildman–Crippen MR) is 145 cm³/mol. The monoisotopic (exact) mass is 631 g/mol. The molecule has 10 nitrogen and oxygen atoms in total.